The molecule has 2 aromatic rings. The van der Waals surface area contributed by atoms with E-state index < -0.39 is 0 Å². The fourth-order valence-electron chi connectivity index (χ4n) is 2.81. The van der Waals surface area contributed by atoms with Crippen LogP contribution < -0.4 is 9.80 Å². The van der Waals surface area contributed by atoms with E-state index in [0.29, 0.717) is 0 Å². The van der Waals surface area contributed by atoms with E-state index in [9.17, 15) is 0 Å². The van der Waals surface area contributed by atoms with E-state index in [1.807, 2.05) is 0 Å². The fourth-order valence-corrected chi connectivity index (χ4v) is 2.81. The summed E-state index contributed by atoms with van der Waals surface area (Å²) in [6.07, 6.45) is 4.30. The molecule has 2 nitrogen and oxygen atoms in total. The lowest BCUT2D eigenvalue weighted by Crippen LogP contribution is -2.25. The Balaban J connectivity index is 1.81. The highest BCUT2D eigenvalue weighted by atomic mass is 15.3. The minimum absolute atomic E-state index is 0.195. The molecule has 0 aromatic heterocycles. The first-order valence-electron chi connectivity index (χ1n) is 7.83. The molecular weight excluding hydrogens is 268 g/mol. The zero-order valence-corrected chi connectivity index (χ0v) is 13.9. The largest absolute Gasteiger partial charge is 0.328 e. The van der Waals surface area contributed by atoms with Gasteiger partial charge in [0.2, 0.25) is 0 Å². The molecule has 1 aliphatic heterocycles. The van der Waals surface area contributed by atoms with E-state index in [1.165, 1.54) is 22.5 Å². The molecule has 0 saturated carbocycles. The standard InChI is InChI=1S/C20H24N2/c1-16-14-17(20(2,3)4)10-11-19(16)22-13-12-21(15-22)18-8-6-5-7-9-18/h5-14H,15H2,1-4H3. The highest BCUT2D eigenvalue weighted by Gasteiger charge is 2.19. The summed E-state index contributed by atoms with van der Waals surface area (Å²) in [5.41, 5.74) is 5.41. The third-order valence-electron chi connectivity index (χ3n) is 4.19. The topological polar surface area (TPSA) is 6.48 Å². The summed E-state index contributed by atoms with van der Waals surface area (Å²) in [5.74, 6) is 0. The molecule has 0 bridgehead atoms. The Bertz CT molecular complexity index is 681. The fraction of sp³-hybridized carbons (Fsp3) is 0.300. The molecule has 2 aromatic carbocycles. The summed E-state index contributed by atoms with van der Waals surface area (Å²) in [6.45, 7) is 9.83. The first-order chi connectivity index (χ1) is 10.4. The Morgan fingerprint density at radius 1 is 0.864 bits per heavy atom. The van der Waals surface area contributed by atoms with Crippen molar-refractivity contribution in [3.63, 3.8) is 0 Å². The van der Waals surface area contributed by atoms with Crippen molar-refractivity contribution in [3.8, 4) is 0 Å². The molecule has 0 aliphatic carbocycles. The molecule has 0 radical (unpaired) electrons. The van der Waals surface area contributed by atoms with Crippen LogP contribution in [0.4, 0.5) is 11.4 Å². The van der Waals surface area contributed by atoms with Gasteiger partial charge in [0.1, 0.15) is 0 Å². The molecule has 0 unspecified atom stereocenters. The zero-order valence-electron chi connectivity index (χ0n) is 13.9. The van der Waals surface area contributed by atoms with E-state index in [-0.39, 0.29) is 5.41 Å². The van der Waals surface area contributed by atoms with E-state index in [0.717, 1.165) is 6.67 Å². The van der Waals surface area contributed by atoms with Crippen LogP contribution in [0.1, 0.15) is 31.9 Å². The number of hydrogen-bond acceptors (Lipinski definition) is 2. The van der Waals surface area contributed by atoms with Crippen molar-refractivity contribution in [2.24, 2.45) is 0 Å². The van der Waals surface area contributed by atoms with Crippen LogP contribution >= 0.6 is 0 Å². The van der Waals surface area contributed by atoms with Crippen LogP contribution in [0.5, 0.6) is 0 Å². The average molecular weight is 292 g/mol. The van der Waals surface area contributed by atoms with Gasteiger partial charge in [-0.15, -0.1) is 0 Å². The van der Waals surface area contributed by atoms with Gasteiger partial charge < -0.3 is 9.80 Å². The van der Waals surface area contributed by atoms with Crippen molar-refractivity contribution in [1.82, 2.24) is 0 Å². The molecule has 1 aliphatic rings. The molecule has 0 atom stereocenters. The van der Waals surface area contributed by atoms with Crippen molar-refractivity contribution >= 4 is 11.4 Å². The molecule has 0 spiro atoms. The smallest absolute Gasteiger partial charge is 0.0989 e. The van der Waals surface area contributed by atoms with E-state index in [1.54, 1.807) is 0 Å². The SMILES string of the molecule is Cc1cc(C(C)(C)C)ccc1N1C=CN(c2ccccc2)C1. The van der Waals surface area contributed by atoms with Crippen LogP contribution in [0.2, 0.25) is 0 Å². The van der Waals surface area contributed by atoms with Gasteiger partial charge >= 0.3 is 0 Å². The molecule has 2 heteroatoms. The molecule has 0 fully saturated rings. The Morgan fingerprint density at radius 2 is 1.55 bits per heavy atom. The lowest BCUT2D eigenvalue weighted by molar-refractivity contribution is 0.589. The predicted octanol–water partition coefficient (Wildman–Crippen LogP) is 5.05. The van der Waals surface area contributed by atoms with Gasteiger partial charge in [-0.1, -0.05) is 51.1 Å². The molecule has 0 saturated heterocycles. The predicted molar refractivity (Wildman–Crippen MR) is 95.3 cm³/mol. The number of para-hydroxylation sites is 1. The molecule has 0 N–H and O–H groups in total. The Kier molecular flexibility index (Phi) is 3.69. The molecule has 22 heavy (non-hydrogen) atoms. The first kappa shape index (κ1) is 14.7. The second-order valence-electron chi connectivity index (χ2n) is 6.97. The van der Waals surface area contributed by atoms with Crippen molar-refractivity contribution in [1.29, 1.82) is 0 Å². The summed E-state index contributed by atoms with van der Waals surface area (Å²) in [5, 5.41) is 0. The van der Waals surface area contributed by atoms with Gasteiger partial charge in [-0.2, -0.15) is 0 Å². The maximum absolute atomic E-state index is 2.31. The summed E-state index contributed by atoms with van der Waals surface area (Å²) in [6, 6.07) is 17.3. The van der Waals surface area contributed by atoms with Crippen LogP contribution in [0, 0.1) is 6.92 Å². The van der Waals surface area contributed by atoms with Gasteiger partial charge in [0, 0.05) is 23.8 Å². The lowest BCUT2D eigenvalue weighted by Gasteiger charge is -2.25. The second kappa shape index (κ2) is 5.53. The zero-order chi connectivity index (χ0) is 15.7. The van der Waals surface area contributed by atoms with Crippen molar-refractivity contribution in [2.75, 3.05) is 16.5 Å². The molecule has 1 heterocycles. The number of nitrogens with zero attached hydrogens (tertiary/aromatic N) is 2. The minimum Gasteiger partial charge on any atom is -0.328 e. The molecule has 114 valence electrons. The normalized spacial score (nSPS) is 14.7. The van der Waals surface area contributed by atoms with Crippen molar-refractivity contribution in [2.45, 2.75) is 33.1 Å². The van der Waals surface area contributed by atoms with Gasteiger partial charge in [0.05, 0.1) is 6.67 Å². The average Bonchev–Trinajstić information content (AvgIpc) is 2.96. The van der Waals surface area contributed by atoms with Crippen LogP contribution in [0.15, 0.2) is 60.9 Å². The quantitative estimate of drug-likeness (QED) is 0.764. The third kappa shape index (κ3) is 2.87. The monoisotopic (exact) mass is 292 g/mol. The summed E-state index contributed by atoms with van der Waals surface area (Å²) in [7, 11) is 0. The molecule has 0 amide bonds. The first-order valence-corrected chi connectivity index (χ1v) is 7.83. The summed E-state index contributed by atoms with van der Waals surface area (Å²) >= 11 is 0. The Morgan fingerprint density at radius 3 is 2.18 bits per heavy atom. The maximum Gasteiger partial charge on any atom is 0.0989 e. The van der Waals surface area contributed by atoms with Crippen molar-refractivity contribution in [3.05, 3.63) is 72.1 Å². The van der Waals surface area contributed by atoms with Gasteiger partial charge in [0.25, 0.3) is 0 Å². The highest BCUT2D eigenvalue weighted by Crippen LogP contribution is 2.30. The minimum atomic E-state index is 0.195. The van der Waals surface area contributed by atoms with Gasteiger partial charge in [0.15, 0.2) is 0 Å². The molecule has 3 rings (SSSR count). The highest BCUT2D eigenvalue weighted by molar-refractivity contribution is 5.62. The number of benzene rings is 2. The summed E-state index contributed by atoms with van der Waals surface area (Å²) in [4.78, 5) is 4.56. The molecular formula is C20H24N2. The number of rotatable bonds is 2. The maximum atomic E-state index is 2.31. The van der Waals surface area contributed by atoms with Gasteiger partial charge in [-0.25, -0.2) is 0 Å². The number of anilines is 2. The van der Waals surface area contributed by atoms with E-state index >= 15 is 0 Å². The third-order valence-corrected chi connectivity index (χ3v) is 4.19. The van der Waals surface area contributed by atoms with E-state index in [4.69, 9.17) is 0 Å². The van der Waals surface area contributed by atoms with Gasteiger partial charge in [-0.3, -0.25) is 0 Å². The van der Waals surface area contributed by atoms with Crippen molar-refractivity contribution < 1.29 is 0 Å². The van der Waals surface area contributed by atoms with Crippen LogP contribution in [0.25, 0.3) is 0 Å². The van der Waals surface area contributed by atoms with Crippen LogP contribution in [0.3, 0.4) is 0 Å². The van der Waals surface area contributed by atoms with Crippen LogP contribution in [-0.2, 0) is 5.41 Å². The lowest BCUT2D eigenvalue weighted by atomic mass is 9.86. The van der Waals surface area contributed by atoms with Gasteiger partial charge in [-0.05, 0) is 41.7 Å². The number of hydrogen-bond donors (Lipinski definition) is 0. The van der Waals surface area contributed by atoms with E-state index in [2.05, 4.69) is 98.4 Å². The second-order valence-corrected chi connectivity index (χ2v) is 6.97. The summed E-state index contributed by atoms with van der Waals surface area (Å²) < 4.78 is 0. The van der Waals surface area contributed by atoms with Crippen LogP contribution in [-0.4, -0.2) is 6.67 Å². The Labute approximate surface area is 133 Å². The number of aryl methyl sites for hydroxylation is 1. The Hall–Kier alpha value is -2.22.